The highest BCUT2D eigenvalue weighted by atomic mass is 127. The smallest absolute Gasteiger partial charge is 0.229 e. The van der Waals surface area contributed by atoms with Crippen molar-refractivity contribution in [3.63, 3.8) is 0 Å². The van der Waals surface area contributed by atoms with E-state index in [-0.39, 0.29) is 11.8 Å². The maximum atomic E-state index is 12.0. The minimum atomic E-state index is 0.0581. The van der Waals surface area contributed by atoms with Crippen molar-refractivity contribution >= 4 is 51.5 Å². The molecule has 3 nitrogen and oxygen atoms in total. The lowest BCUT2D eigenvalue weighted by atomic mass is 9.89. The van der Waals surface area contributed by atoms with Gasteiger partial charge in [0.05, 0.1) is 0 Å². The van der Waals surface area contributed by atoms with Gasteiger partial charge in [0.25, 0.3) is 0 Å². The van der Waals surface area contributed by atoms with Crippen molar-refractivity contribution in [2.75, 3.05) is 5.32 Å². The maximum absolute atomic E-state index is 12.0. The van der Waals surface area contributed by atoms with E-state index in [0.717, 1.165) is 31.4 Å². The van der Waals surface area contributed by atoms with Crippen LogP contribution in [0.3, 0.4) is 0 Å². The molecule has 2 rings (SSSR count). The second kappa shape index (κ2) is 7.19. The van der Waals surface area contributed by atoms with Crippen molar-refractivity contribution < 1.29 is 4.79 Å². The summed E-state index contributed by atoms with van der Waals surface area (Å²) < 4.78 is 1.17. The number of hydrogen-bond donors (Lipinski definition) is 2. The molecule has 1 saturated carbocycles. The molecule has 2 N–H and O–H groups in total. The Labute approximate surface area is 132 Å². The van der Waals surface area contributed by atoms with Crippen molar-refractivity contribution in [3.05, 3.63) is 27.8 Å². The first kappa shape index (κ1) is 14.7. The van der Waals surface area contributed by atoms with Gasteiger partial charge in [-0.25, -0.2) is 0 Å². The van der Waals surface area contributed by atoms with E-state index in [2.05, 4.69) is 33.2 Å². The van der Waals surface area contributed by atoms with Gasteiger partial charge in [-0.2, -0.15) is 0 Å². The van der Waals surface area contributed by atoms with Gasteiger partial charge in [0.15, 0.2) is 5.11 Å². The van der Waals surface area contributed by atoms with Gasteiger partial charge >= 0.3 is 0 Å². The lowest BCUT2D eigenvalue weighted by Crippen LogP contribution is -2.38. The largest absolute Gasteiger partial charge is 0.332 e. The second-order valence-corrected chi connectivity index (χ2v) is 6.44. The van der Waals surface area contributed by atoms with E-state index in [9.17, 15) is 4.79 Å². The van der Waals surface area contributed by atoms with Gasteiger partial charge in [-0.1, -0.05) is 19.3 Å². The summed E-state index contributed by atoms with van der Waals surface area (Å²) >= 11 is 7.42. The Balaban J connectivity index is 1.83. The molecule has 1 aliphatic carbocycles. The molecule has 0 aromatic heterocycles. The lowest BCUT2D eigenvalue weighted by Gasteiger charge is -2.21. The van der Waals surface area contributed by atoms with Crippen LogP contribution in [-0.4, -0.2) is 11.0 Å². The first-order valence-electron chi connectivity index (χ1n) is 6.52. The maximum Gasteiger partial charge on any atom is 0.229 e. The first-order chi connectivity index (χ1) is 9.15. The Kier molecular flexibility index (Phi) is 5.57. The summed E-state index contributed by atoms with van der Waals surface area (Å²) in [5, 5.41) is 6.21. The summed E-state index contributed by atoms with van der Waals surface area (Å²) in [5.74, 6) is 0.188. The summed E-state index contributed by atoms with van der Waals surface area (Å²) in [6.07, 6.45) is 5.51. The van der Waals surface area contributed by atoms with Crippen LogP contribution < -0.4 is 10.6 Å². The van der Waals surface area contributed by atoms with Gasteiger partial charge in [-0.15, -0.1) is 0 Å². The molecular formula is C14H17IN2OS. The predicted octanol–water partition coefficient (Wildman–Crippen LogP) is 3.68. The van der Waals surface area contributed by atoms with E-state index < -0.39 is 0 Å². The van der Waals surface area contributed by atoms with E-state index in [1.54, 1.807) is 0 Å². The van der Waals surface area contributed by atoms with Crippen molar-refractivity contribution in [2.24, 2.45) is 5.92 Å². The molecule has 0 atom stereocenters. The SMILES string of the molecule is O=C(NC(=S)Nc1ccc(I)cc1)C1CCCCC1. The highest BCUT2D eigenvalue weighted by molar-refractivity contribution is 14.1. The van der Waals surface area contributed by atoms with Crippen LogP contribution >= 0.6 is 34.8 Å². The third kappa shape index (κ3) is 4.72. The normalized spacial score (nSPS) is 15.8. The summed E-state index contributed by atoms with van der Waals surface area (Å²) in [4.78, 5) is 12.0. The van der Waals surface area contributed by atoms with Crippen molar-refractivity contribution in [1.82, 2.24) is 5.32 Å². The van der Waals surface area contributed by atoms with Crippen LogP contribution in [0, 0.1) is 9.49 Å². The molecule has 0 heterocycles. The van der Waals surface area contributed by atoms with Crippen LogP contribution in [0.15, 0.2) is 24.3 Å². The third-order valence-corrected chi connectivity index (χ3v) is 4.24. The quantitative estimate of drug-likeness (QED) is 0.600. The van der Waals surface area contributed by atoms with Crippen LogP contribution in [0.2, 0.25) is 0 Å². The molecule has 0 saturated heterocycles. The fourth-order valence-corrected chi connectivity index (χ4v) is 2.85. The minimum Gasteiger partial charge on any atom is -0.332 e. The van der Waals surface area contributed by atoms with E-state index in [1.165, 1.54) is 9.99 Å². The zero-order valence-corrected chi connectivity index (χ0v) is 13.6. The number of carbonyl (C=O) groups is 1. The number of thiocarbonyl (C=S) groups is 1. The summed E-state index contributed by atoms with van der Waals surface area (Å²) in [6, 6.07) is 7.88. The molecule has 1 amide bonds. The average Bonchev–Trinajstić information content (AvgIpc) is 2.42. The van der Waals surface area contributed by atoms with Crippen LogP contribution in [0.5, 0.6) is 0 Å². The van der Waals surface area contributed by atoms with E-state index in [0.29, 0.717) is 5.11 Å². The highest BCUT2D eigenvalue weighted by Gasteiger charge is 2.21. The molecule has 0 unspecified atom stereocenters. The third-order valence-electron chi connectivity index (χ3n) is 3.31. The summed E-state index contributed by atoms with van der Waals surface area (Å²) in [7, 11) is 0. The minimum absolute atomic E-state index is 0.0581. The first-order valence-corrected chi connectivity index (χ1v) is 8.01. The fourth-order valence-electron chi connectivity index (χ4n) is 2.27. The molecule has 1 aromatic rings. The van der Waals surface area contributed by atoms with Gasteiger partial charge in [0, 0.05) is 15.2 Å². The molecule has 0 radical (unpaired) electrons. The van der Waals surface area contributed by atoms with Crippen molar-refractivity contribution in [3.8, 4) is 0 Å². The molecular weight excluding hydrogens is 371 g/mol. The fraction of sp³-hybridized carbons (Fsp3) is 0.429. The molecule has 1 fully saturated rings. The van der Waals surface area contributed by atoms with Gasteiger partial charge in [-0.3, -0.25) is 4.79 Å². The van der Waals surface area contributed by atoms with Crippen molar-refractivity contribution in [1.29, 1.82) is 0 Å². The van der Waals surface area contributed by atoms with Gasteiger partial charge in [0.2, 0.25) is 5.91 Å². The van der Waals surface area contributed by atoms with E-state index in [1.807, 2.05) is 24.3 Å². The van der Waals surface area contributed by atoms with Crippen LogP contribution in [-0.2, 0) is 4.79 Å². The molecule has 1 aliphatic rings. The summed E-state index contributed by atoms with van der Waals surface area (Å²) in [5.41, 5.74) is 0.898. The number of benzene rings is 1. The Bertz CT molecular complexity index is 455. The number of halogens is 1. The number of rotatable bonds is 2. The zero-order chi connectivity index (χ0) is 13.7. The van der Waals surface area contributed by atoms with Crippen molar-refractivity contribution in [2.45, 2.75) is 32.1 Å². The Morgan fingerprint density at radius 2 is 1.79 bits per heavy atom. The zero-order valence-electron chi connectivity index (χ0n) is 10.6. The highest BCUT2D eigenvalue weighted by Crippen LogP contribution is 2.23. The van der Waals surface area contributed by atoms with Crippen LogP contribution in [0.25, 0.3) is 0 Å². The lowest BCUT2D eigenvalue weighted by molar-refractivity contribution is -0.124. The van der Waals surface area contributed by atoms with Gasteiger partial charge in [-0.05, 0) is 71.9 Å². The molecule has 1 aromatic carbocycles. The Hall–Kier alpha value is -0.690. The molecule has 19 heavy (non-hydrogen) atoms. The summed E-state index contributed by atoms with van der Waals surface area (Å²) in [6.45, 7) is 0. The molecule has 102 valence electrons. The predicted molar refractivity (Wildman–Crippen MR) is 90.1 cm³/mol. The number of anilines is 1. The topological polar surface area (TPSA) is 41.1 Å². The molecule has 0 bridgehead atoms. The standard InChI is InChI=1S/C14H17IN2OS/c15-11-6-8-12(9-7-11)16-14(19)17-13(18)10-4-2-1-3-5-10/h6-10H,1-5H2,(H2,16,17,18,19). The van der Waals surface area contributed by atoms with E-state index >= 15 is 0 Å². The Morgan fingerprint density at radius 3 is 2.42 bits per heavy atom. The van der Waals surface area contributed by atoms with Gasteiger partial charge in [0.1, 0.15) is 0 Å². The number of carbonyl (C=O) groups excluding carboxylic acids is 1. The average molecular weight is 388 g/mol. The number of hydrogen-bond acceptors (Lipinski definition) is 2. The van der Waals surface area contributed by atoms with E-state index in [4.69, 9.17) is 12.2 Å². The molecule has 0 spiro atoms. The number of nitrogens with one attached hydrogen (secondary N) is 2. The molecule has 5 heteroatoms. The molecule has 0 aliphatic heterocycles. The van der Waals surface area contributed by atoms with Crippen LogP contribution in [0.1, 0.15) is 32.1 Å². The Morgan fingerprint density at radius 1 is 1.16 bits per heavy atom. The number of amides is 1. The monoisotopic (exact) mass is 388 g/mol. The van der Waals surface area contributed by atoms with Gasteiger partial charge < -0.3 is 10.6 Å². The van der Waals surface area contributed by atoms with Crippen LogP contribution in [0.4, 0.5) is 5.69 Å². The second-order valence-electron chi connectivity index (χ2n) is 4.79.